The third kappa shape index (κ3) is 3.97. The molecule has 106 valence electrons. The number of rotatable bonds is 4. The fraction of sp³-hybridized carbons (Fsp3) is 0.647. The molecule has 1 aliphatic rings. The summed E-state index contributed by atoms with van der Waals surface area (Å²) >= 11 is 0. The first-order valence-corrected chi connectivity index (χ1v) is 7.67. The second-order valence-electron chi connectivity index (χ2n) is 6.35. The molecule has 0 radical (unpaired) electrons. The normalized spacial score (nSPS) is 20.3. The van der Waals surface area contributed by atoms with Crippen LogP contribution in [0.4, 0.5) is 5.69 Å². The van der Waals surface area contributed by atoms with Crippen LogP contribution in [0.15, 0.2) is 24.3 Å². The van der Waals surface area contributed by atoms with Gasteiger partial charge in [-0.3, -0.25) is 0 Å². The summed E-state index contributed by atoms with van der Waals surface area (Å²) in [5.74, 6) is 0.616. The zero-order valence-corrected chi connectivity index (χ0v) is 12.8. The fourth-order valence-electron chi connectivity index (χ4n) is 2.89. The molecule has 1 atom stereocenters. The van der Waals surface area contributed by atoms with E-state index >= 15 is 0 Å². The molecule has 1 unspecified atom stereocenters. The third-order valence-corrected chi connectivity index (χ3v) is 3.92. The minimum absolute atomic E-state index is 0.577. The Morgan fingerprint density at radius 1 is 1.11 bits per heavy atom. The highest BCUT2D eigenvalue weighted by Gasteiger charge is 2.20. The summed E-state index contributed by atoms with van der Waals surface area (Å²) in [6, 6.07) is 10.3. The predicted molar refractivity (Wildman–Crippen MR) is 84.0 cm³/mol. The molecule has 1 aromatic carbocycles. The number of benzene rings is 1. The predicted octanol–water partition coefficient (Wildman–Crippen LogP) is 3.78. The van der Waals surface area contributed by atoms with E-state index in [1.165, 1.54) is 30.6 Å². The molecule has 0 aromatic heterocycles. The van der Waals surface area contributed by atoms with Crippen LogP contribution in [0.2, 0.25) is 0 Å². The summed E-state index contributed by atoms with van der Waals surface area (Å²) in [4.78, 5) is 2.52. The number of hydrogen-bond donors (Lipinski definition) is 1. The van der Waals surface area contributed by atoms with E-state index in [2.05, 4.69) is 62.2 Å². The van der Waals surface area contributed by atoms with Gasteiger partial charge in [-0.25, -0.2) is 0 Å². The molecule has 0 saturated carbocycles. The van der Waals surface area contributed by atoms with Crippen molar-refractivity contribution in [3.8, 4) is 0 Å². The van der Waals surface area contributed by atoms with Crippen LogP contribution < -0.4 is 10.2 Å². The van der Waals surface area contributed by atoms with Gasteiger partial charge in [0.1, 0.15) is 0 Å². The summed E-state index contributed by atoms with van der Waals surface area (Å²) in [7, 11) is 0. The second-order valence-corrected chi connectivity index (χ2v) is 6.35. The van der Waals surface area contributed by atoms with Crippen molar-refractivity contribution in [1.29, 1.82) is 0 Å². The molecule has 0 spiro atoms. The van der Waals surface area contributed by atoms with Gasteiger partial charge in [-0.15, -0.1) is 0 Å². The topological polar surface area (TPSA) is 15.3 Å². The van der Waals surface area contributed by atoms with E-state index in [-0.39, 0.29) is 0 Å². The zero-order valence-electron chi connectivity index (χ0n) is 12.8. The van der Waals surface area contributed by atoms with Crippen LogP contribution in [0.1, 0.15) is 52.0 Å². The molecule has 0 aliphatic carbocycles. The van der Waals surface area contributed by atoms with Crippen LogP contribution in [0.25, 0.3) is 0 Å². The summed E-state index contributed by atoms with van der Waals surface area (Å²) in [5, 5.41) is 3.67. The molecule has 1 aromatic rings. The lowest BCUT2D eigenvalue weighted by Crippen LogP contribution is -2.47. The second kappa shape index (κ2) is 6.42. The van der Waals surface area contributed by atoms with Gasteiger partial charge in [-0.1, -0.05) is 39.8 Å². The van der Waals surface area contributed by atoms with E-state index in [1.807, 2.05) is 0 Å². The fourth-order valence-corrected chi connectivity index (χ4v) is 2.89. The summed E-state index contributed by atoms with van der Waals surface area (Å²) < 4.78 is 0. The van der Waals surface area contributed by atoms with E-state index in [0.29, 0.717) is 18.0 Å². The Labute approximate surface area is 118 Å². The van der Waals surface area contributed by atoms with Gasteiger partial charge in [-0.2, -0.15) is 0 Å². The van der Waals surface area contributed by atoms with E-state index in [1.54, 1.807) is 0 Å². The highest BCUT2D eigenvalue weighted by molar-refractivity contribution is 5.48. The maximum Gasteiger partial charge on any atom is 0.0366 e. The smallest absolute Gasteiger partial charge is 0.0366 e. The molecule has 1 saturated heterocycles. The number of nitrogens with one attached hydrogen (secondary N) is 1. The third-order valence-electron chi connectivity index (χ3n) is 3.92. The monoisotopic (exact) mass is 260 g/mol. The Kier molecular flexibility index (Phi) is 4.87. The Bertz CT molecular complexity index is 381. The first-order chi connectivity index (χ1) is 9.06. The van der Waals surface area contributed by atoms with Crippen molar-refractivity contribution in [1.82, 2.24) is 5.32 Å². The van der Waals surface area contributed by atoms with Crippen LogP contribution >= 0.6 is 0 Å². The zero-order chi connectivity index (χ0) is 13.8. The van der Waals surface area contributed by atoms with Gasteiger partial charge >= 0.3 is 0 Å². The average Bonchev–Trinajstić information content (AvgIpc) is 2.38. The molecular weight excluding hydrogens is 232 g/mol. The van der Waals surface area contributed by atoms with Crippen LogP contribution in [0.5, 0.6) is 0 Å². The summed E-state index contributed by atoms with van der Waals surface area (Å²) in [6.45, 7) is 11.3. The van der Waals surface area contributed by atoms with Gasteiger partial charge in [-0.05, 0) is 36.5 Å². The Hall–Kier alpha value is -1.02. The minimum Gasteiger partial charge on any atom is -0.370 e. The van der Waals surface area contributed by atoms with Crippen LogP contribution in [-0.4, -0.2) is 25.2 Å². The first-order valence-electron chi connectivity index (χ1n) is 7.67. The van der Waals surface area contributed by atoms with Gasteiger partial charge in [0.2, 0.25) is 0 Å². The van der Waals surface area contributed by atoms with Crippen molar-refractivity contribution in [2.75, 3.05) is 18.0 Å². The van der Waals surface area contributed by atoms with E-state index in [0.717, 1.165) is 6.54 Å². The lowest BCUT2D eigenvalue weighted by Gasteiger charge is -2.36. The van der Waals surface area contributed by atoms with Crippen molar-refractivity contribution in [2.45, 2.75) is 58.5 Å². The molecule has 0 amide bonds. The Morgan fingerprint density at radius 2 is 1.79 bits per heavy atom. The van der Waals surface area contributed by atoms with Gasteiger partial charge in [0.25, 0.3) is 0 Å². The van der Waals surface area contributed by atoms with Crippen molar-refractivity contribution < 1.29 is 0 Å². The molecule has 2 rings (SSSR count). The molecule has 2 nitrogen and oxygen atoms in total. The van der Waals surface area contributed by atoms with Gasteiger partial charge < -0.3 is 10.2 Å². The van der Waals surface area contributed by atoms with Gasteiger partial charge in [0.05, 0.1) is 0 Å². The van der Waals surface area contributed by atoms with Crippen molar-refractivity contribution in [2.24, 2.45) is 0 Å². The Balaban J connectivity index is 2.00. The van der Waals surface area contributed by atoms with Crippen molar-refractivity contribution in [3.63, 3.8) is 0 Å². The lowest BCUT2D eigenvalue weighted by atomic mass is 10.0. The summed E-state index contributed by atoms with van der Waals surface area (Å²) in [5.41, 5.74) is 2.80. The number of anilines is 1. The van der Waals surface area contributed by atoms with Gasteiger partial charge in [0.15, 0.2) is 0 Å². The largest absolute Gasteiger partial charge is 0.370 e. The quantitative estimate of drug-likeness (QED) is 0.886. The van der Waals surface area contributed by atoms with E-state index in [4.69, 9.17) is 0 Å². The molecule has 0 bridgehead atoms. The number of nitrogens with zero attached hydrogens (tertiary/aromatic N) is 1. The highest BCUT2D eigenvalue weighted by Crippen LogP contribution is 2.23. The van der Waals surface area contributed by atoms with Crippen LogP contribution in [0.3, 0.4) is 0 Å². The molecule has 19 heavy (non-hydrogen) atoms. The number of hydrogen-bond acceptors (Lipinski definition) is 2. The molecule has 1 aliphatic heterocycles. The highest BCUT2D eigenvalue weighted by atomic mass is 15.2. The first kappa shape index (κ1) is 14.4. The average molecular weight is 260 g/mol. The molecule has 1 N–H and O–H groups in total. The van der Waals surface area contributed by atoms with Crippen molar-refractivity contribution in [3.05, 3.63) is 29.8 Å². The lowest BCUT2D eigenvalue weighted by molar-refractivity contribution is 0.395. The maximum atomic E-state index is 3.67. The number of piperidine rings is 1. The molecule has 1 fully saturated rings. The maximum absolute atomic E-state index is 3.67. The van der Waals surface area contributed by atoms with Gasteiger partial charge in [0, 0.05) is 30.9 Å². The summed E-state index contributed by atoms with van der Waals surface area (Å²) in [6.07, 6.45) is 2.59. The standard InChI is InChI=1S/C17H28N2/c1-13(2)15-7-9-17(10-8-15)19-11-5-6-16(12-19)18-14(3)4/h7-10,13-14,16,18H,5-6,11-12H2,1-4H3. The Morgan fingerprint density at radius 3 is 2.37 bits per heavy atom. The van der Waals surface area contributed by atoms with E-state index < -0.39 is 0 Å². The SMILES string of the molecule is CC(C)NC1CCCN(c2ccc(C(C)C)cc2)C1. The van der Waals surface area contributed by atoms with E-state index in [9.17, 15) is 0 Å². The molecule has 1 heterocycles. The van der Waals surface area contributed by atoms with Crippen molar-refractivity contribution >= 4 is 5.69 Å². The molecular formula is C17H28N2. The van der Waals surface area contributed by atoms with Crippen LogP contribution in [0, 0.1) is 0 Å². The van der Waals surface area contributed by atoms with Crippen LogP contribution in [-0.2, 0) is 0 Å². The molecule has 2 heteroatoms. The minimum atomic E-state index is 0.577.